The molecule has 3 aromatic rings. The first kappa shape index (κ1) is 26.3. The molecule has 178 valence electrons. The van der Waals surface area contributed by atoms with Gasteiger partial charge in [0.05, 0.1) is 22.3 Å². The van der Waals surface area contributed by atoms with Crippen molar-refractivity contribution in [1.29, 1.82) is 5.26 Å². The molecule has 0 atom stereocenters. The Morgan fingerprint density at radius 3 is 2.46 bits per heavy atom. The average molecular weight is 620 g/mol. The molecule has 0 spiro atoms. The lowest BCUT2D eigenvalue weighted by Gasteiger charge is -2.13. The minimum Gasteiger partial charge on any atom is -0.497 e. The van der Waals surface area contributed by atoms with Gasteiger partial charge in [-0.25, -0.2) is 0 Å². The second-order valence-corrected chi connectivity index (χ2v) is 9.15. The van der Waals surface area contributed by atoms with E-state index < -0.39 is 11.8 Å². The first-order chi connectivity index (χ1) is 16.8. The van der Waals surface area contributed by atoms with E-state index in [0.717, 1.165) is 0 Å². The van der Waals surface area contributed by atoms with Crippen LogP contribution in [0.3, 0.4) is 0 Å². The van der Waals surface area contributed by atoms with Crippen LogP contribution < -0.4 is 20.1 Å². The molecule has 0 saturated heterocycles. The number of hydrogen-bond donors (Lipinski definition) is 2. The third-order valence-electron chi connectivity index (χ3n) is 4.55. The summed E-state index contributed by atoms with van der Waals surface area (Å²) >= 11 is 12.9. The number of benzene rings is 3. The number of amides is 2. The SMILES string of the molecule is COc1ccc(NC(=O)/C(C#N)=C\c2cc(Br)cc(Br)c2OCC(=O)Nc2ccccc2Cl)cc1. The fourth-order valence-electron chi connectivity index (χ4n) is 2.90. The van der Waals surface area contributed by atoms with E-state index in [0.29, 0.717) is 36.7 Å². The molecule has 0 radical (unpaired) electrons. The minimum atomic E-state index is -0.601. The monoisotopic (exact) mass is 617 g/mol. The van der Waals surface area contributed by atoms with Gasteiger partial charge in [-0.05, 0) is 70.5 Å². The van der Waals surface area contributed by atoms with Crippen molar-refractivity contribution < 1.29 is 19.1 Å². The van der Waals surface area contributed by atoms with Gasteiger partial charge in [0.15, 0.2) is 6.61 Å². The fraction of sp³-hybridized carbons (Fsp3) is 0.0800. The van der Waals surface area contributed by atoms with Gasteiger partial charge in [0, 0.05) is 15.7 Å². The highest BCUT2D eigenvalue weighted by molar-refractivity contribution is 9.11. The van der Waals surface area contributed by atoms with Crippen molar-refractivity contribution >= 4 is 72.7 Å². The van der Waals surface area contributed by atoms with E-state index in [-0.39, 0.29) is 17.9 Å². The topological polar surface area (TPSA) is 100 Å². The quantitative estimate of drug-likeness (QED) is 0.223. The highest BCUT2D eigenvalue weighted by Gasteiger charge is 2.16. The van der Waals surface area contributed by atoms with Gasteiger partial charge in [0.1, 0.15) is 23.1 Å². The maximum atomic E-state index is 12.7. The van der Waals surface area contributed by atoms with E-state index in [1.54, 1.807) is 67.8 Å². The Bertz CT molecular complexity index is 1320. The fourth-order valence-corrected chi connectivity index (χ4v) is 4.46. The summed E-state index contributed by atoms with van der Waals surface area (Å²) in [5.74, 6) is -0.109. The number of carbonyl (C=O) groups excluding carboxylic acids is 2. The Labute approximate surface area is 223 Å². The van der Waals surface area contributed by atoms with Crippen LogP contribution in [0.4, 0.5) is 11.4 Å². The summed E-state index contributed by atoms with van der Waals surface area (Å²) in [5, 5.41) is 15.4. The maximum absolute atomic E-state index is 12.7. The van der Waals surface area contributed by atoms with Crippen LogP contribution >= 0.6 is 43.5 Å². The molecule has 3 rings (SSSR count). The molecule has 0 unspecified atom stereocenters. The number of anilines is 2. The molecule has 10 heteroatoms. The number of halogens is 3. The predicted molar refractivity (Wildman–Crippen MR) is 143 cm³/mol. The summed E-state index contributed by atoms with van der Waals surface area (Å²) in [6.07, 6.45) is 1.38. The average Bonchev–Trinajstić information content (AvgIpc) is 2.83. The van der Waals surface area contributed by atoms with Crippen LogP contribution in [0.25, 0.3) is 6.08 Å². The van der Waals surface area contributed by atoms with E-state index in [1.165, 1.54) is 6.08 Å². The Morgan fingerprint density at radius 1 is 1.09 bits per heavy atom. The molecule has 0 saturated carbocycles. The molecule has 2 amide bonds. The predicted octanol–water partition coefficient (Wildman–Crippen LogP) is 6.44. The van der Waals surface area contributed by atoms with Crippen LogP contribution in [0.5, 0.6) is 11.5 Å². The van der Waals surface area contributed by atoms with E-state index in [9.17, 15) is 14.9 Å². The molecular formula is C25H18Br2ClN3O4. The Hall–Kier alpha value is -3.32. The zero-order chi connectivity index (χ0) is 25.4. The van der Waals surface area contributed by atoms with Crippen molar-refractivity contribution in [3.8, 4) is 17.6 Å². The van der Waals surface area contributed by atoms with Crippen LogP contribution in [-0.2, 0) is 9.59 Å². The van der Waals surface area contributed by atoms with Gasteiger partial charge in [-0.15, -0.1) is 0 Å². The molecule has 0 heterocycles. The largest absolute Gasteiger partial charge is 0.497 e. The summed E-state index contributed by atoms with van der Waals surface area (Å²) in [4.78, 5) is 25.1. The lowest BCUT2D eigenvalue weighted by molar-refractivity contribution is -0.118. The van der Waals surface area contributed by atoms with Crippen molar-refractivity contribution in [2.75, 3.05) is 24.4 Å². The van der Waals surface area contributed by atoms with E-state index in [2.05, 4.69) is 42.5 Å². The number of nitrogens with one attached hydrogen (secondary N) is 2. The van der Waals surface area contributed by atoms with Gasteiger partial charge in [-0.3, -0.25) is 9.59 Å². The van der Waals surface area contributed by atoms with Crippen molar-refractivity contribution in [2.45, 2.75) is 0 Å². The highest BCUT2D eigenvalue weighted by atomic mass is 79.9. The van der Waals surface area contributed by atoms with E-state index in [4.69, 9.17) is 21.1 Å². The Balaban J connectivity index is 1.79. The summed E-state index contributed by atoms with van der Waals surface area (Å²) < 4.78 is 12.0. The maximum Gasteiger partial charge on any atom is 0.266 e. The van der Waals surface area contributed by atoms with Crippen LogP contribution in [0.2, 0.25) is 5.02 Å². The van der Waals surface area contributed by atoms with Crippen molar-refractivity contribution in [3.63, 3.8) is 0 Å². The van der Waals surface area contributed by atoms with E-state index in [1.807, 2.05) is 6.07 Å². The molecule has 3 aromatic carbocycles. The molecule has 2 N–H and O–H groups in total. The standard InChI is InChI=1S/C25H18Br2ClN3O4/c1-34-19-8-6-18(7-9-19)30-25(33)16(13-29)10-15-11-17(26)12-20(27)24(15)35-14-23(32)31-22-5-3-2-4-21(22)28/h2-12H,14H2,1H3,(H,30,33)(H,31,32)/b16-10-. The van der Waals surface area contributed by atoms with Crippen LogP contribution in [0.15, 0.2) is 75.2 Å². The molecule has 35 heavy (non-hydrogen) atoms. The molecule has 0 fully saturated rings. The number of para-hydroxylation sites is 1. The lowest BCUT2D eigenvalue weighted by Crippen LogP contribution is -2.20. The van der Waals surface area contributed by atoms with Crippen molar-refractivity contribution in [1.82, 2.24) is 0 Å². The van der Waals surface area contributed by atoms with E-state index >= 15 is 0 Å². The van der Waals surface area contributed by atoms with Gasteiger partial charge in [0.2, 0.25) is 0 Å². The van der Waals surface area contributed by atoms with Crippen molar-refractivity contribution in [3.05, 3.63) is 85.8 Å². The first-order valence-electron chi connectivity index (χ1n) is 10.0. The number of rotatable bonds is 8. The molecular weight excluding hydrogens is 602 g/mol. The third kappa shape index (κ3) is 7.33. The number of methoxy groups -OCH3 is 1. The molecule has 0 bridgehead atoms. The normalized spacial score (nSPS) is 10.8. The smallest absolute Gasteiger partial charge is 0.266 e. The highest BCUT2D eigenvalue weighted by Crippen LogP contribution is 2.34. The number of hydrogen-bond acceptors (Lipinski definition) is 5. The van der Waals surface area contributed by atoms with Crippen LogP contribution in [0, 0.1) is 11.3 Å². The zero-order valence-electron chi connectivity index (χ0n) is 18.3. The summed E-state index contributed by atoms with van der Waals surface area (Å²) in [5.41, 5.74) is 1.22. The van der Waals surface area contributed by atoms with Gasteiger partial charge in [-0.1, -0.05) is 39.7 Å². The summed E-state index contributed by atoms with van der Waals surface area (Å²) in [7, 11) is 1.54. The van der Waals surface area contributed by atoms with Gasteiger partial charge in [0.25, 0.3) is 11.8 Å². The summed E-state index contributed by atoms with van der Waals surface area (Å²) in [6.45, 7) is -0.327. The number of nitriles is 1. The second-order valence-electron chi connectivity index (χ2n) is 6.98. The molecule has 0 aliphatic heterocycles. The van der Waals surface area contributed by atoms with Gasteiger partial charge >= 0.3 is 0 Å². The second kappa shape index (κ2) is 12.4. The Morgan fingerprint density at radius 2 is 1.80 bits per heavy atom. The zero-order valence-corrected chi connectivity index (χ0v) is 22.2. The summed E-state index contributed by atoms with van der Waals surface area (Å²) in [6, 6.07) is 18.8. The third-order valence-corrected chi connectivity index (χ3v) is 5.92. The number of carbonyl (C=O) groups is 2. The lowest BCUT2D eigenvalue weighted by atomic mass is 10.1. The van der Waals surface area contributed by atoms with Gasteiger partial charge in [-0.2, -0.15) is 5.26 Å². The number of ether oxygens (including phenoxy) is 2. The first-order valence-corrected chi connectivity index (χ1v) is 12.0. The number of nitrogens with zero attached hydrogens (tertiary/aromatic N) is 1. The van der Waals surface area contributed by atoms with Crippen LogP contribution in [0.1, 0.15) is 5.56 Å². The molecule has 0 aromatic heterocycles. The molecule has 7 nitrogen and oxygen atoms in total. The molecule has 0 aliphatic carbocycles. The van der Waals surface area contributed by atoms with Gasteiger partial charge < -0.3 is 20.1 Å². The minimum absolute atomic E-state index is 0.156. The Kier molecular flexibility index (Phi) is 9.32. The molecule has 0 aliphatic rings. The van der Waals surface area contributed by atoms with Crippen molar-refractivity contribution in [2.24, 2.45) is 0 Å². The van der Waals surface area contributed by atoms with Crippen LogP contribution in [-0.4, -0.2) is 25.5 Å².